The summed E-state index contributed by atoms with van der Waals surface area (Å²) >= 11 is 11.4. The molecule has 0 spiro atoms. The summed E-state index contributed by atoms with van der Waals surface area (Å²) in [5, 5.41) is 3.14. The molecule has 5 nitrogen and oxygen atoms in total. The largest absolute Gasteiger partial charge is 0.418 e. The highest BCUT2D eigenvalue weighted by atomic mass is 35.5. The number of nitrogens with zero attached hydrogens (tertiary/aromatic N) is 3. The number of hydrogen-bond acceptors (Lipinski definition) is 4. The van der Waals surface area contributed by atoms with Crippen molar-refractivity contribution in [2.45, 2.75) is 12.7 Å². The number of anilines is 1. The van der Waals surface area contributed by atoms with Crippen LogP contribution in [0.25, 0.3) is 0 Å². The minimum Gasteiger partial charge on any atom is -0.379 e. The molecule has 1 N–H and O–H groups in total. The number of pyridine rings is 1. The van der Waals surface area contributed by atoms with Crippen LogP contribution in [-0.4, -0.2) is 59.3 Å². The van der Waals surface area contributed by atoms with Gasteiger partial charge >= 0.3 is 6.18 Å². The van der Waals surface area contributed by atoms with Crippen LogP contribution in [0.3, 0.4) is 0 Å². The molecule has 1 aromatic carbocycles. The summed E-state index contributed by atoms with van der Waals surface area (Å²) in [4.78, 5) is 8.18. The maximum atomic E-state index is 13.4. The van der Waals surface area contributed by atoms with Gasteiger partial charge in [0.1, 0.15) is 0 Å². The summed E-state index contributed by atoms with van der Waals surface area (Å²) in [6, 6.07) is 7.11. The molecule has 0 unspecified atom stereocenters. The first-order valence-corrected chi connectivity index (χ1v) is 10.2. The molecule has 1 fully saturated rings. The number of benzene rings is 1. The van der Waals surface area contributed by atoms with Crippen LogP contribution in [0.2, 0.25) is 5.02 Å². The van der Waals surface area contributed by atoms with Crippen LogP contribution < -0.4 is 5.32 Å². The van der Waals surface area contributed by atoms with Crippen molar-refractivity contribution in [1.29, 1.82) is 0 Å². The number of aromatic nitrogens is 1. The molecule has 0 bridgehead atoms. The number of morpholine rings is 1. The van der Waals surface area contributed by atoms with Gasteiger partial charge in [-0.25, -0.2) is 0 Å². The summed E-state index contributed by atoms with van der Waals surface area (Å²) in [6.45, 7) is 4.65. The molecule has 30 heavy (non-hydrogen) atoms. The van der Waals surface area contributed by atoms with Gasteiger partial charge in [-0.3, -0.25) is 9.88 Å². The molecule has 2 aromatic rings. The van der Waals surface area contributed by atoms with Crippen LogP contribution in [0.1, 0.15) is 11.1 Å². The fourth-order valence-corrected chi connectivity index (χ4v) is 3.55. The number of alkyl halides is 3. The van der Waals surface area contributed by atoms with E-state index in [-0.39, 0.29) is 15.8 Å². The topological polar surface area (TPSA) is 40.6 Å². The van der Waals surface area contributed by atoms with Gasteiger partial charge in [-0.05, 0) is 42.0 Å². The number of hydrogen-bond donors (Lipinski definition) is 1. The van der Waals surface area contributed by atoms with Crippen LogP contribution in [0.4, 0.5) is 18.9 Å². The number of nitrogens with one attached hydrogen (secondary N) is 1. The smallest absolute Gasteiger partial charge is 0.379 e. The van der Waals surface area contributed by atoms with E-state index < -0.39 is 11.7 Å². The molecular formula is C20H22ClF3N4OS. The average molecular weight is 459 g/mol. The Kier molecular flexibility index (Phi) is 7.87. The molecule has 1 aliphatic heterocycles. The summed E-state index contributed by atoms with van der Waals surface area (Å²) < 4.78 is 45.6. The van der Waals surface area contributed by atoms with E-state index in [4.69, 9.17) is 28.6 Å². The quantitative estimate of drug-likeness (QED) is 0.651. The van der Waals surface area contributed by atoms with Crippen LogP contribution in [-0.2, 0) is 17.5 Å². The highest BCUT2D eigenvalue weighted by molar-refractivity contribution is 7.80. The van der Waals surface area contributed by atoms with E-state index in [1.165, 1.54) is 12.1 Å². The maximum Gasteiger partial charge on any atom is 0.418 e. The first kappa shape index (κ1) is 22.7. The molecule has 0 saturated carbocycles. The zero-order chi connectivity index (χ0) is 21.6. The van der Waals surface area contributed by atoms with Gasteiger partial charge in [-0.2, -0.15) is 13.2 Å². The Morgan fingerprint density at radius 3 is 2.70 bits per heavy atom. The lowest BCUT2D eigenvalue weighted by molar-refractivity contribution is -0.136. The Hall–Kier alpha value is -1.94. The van der Waals surface area contributed by atoms with Gasteiger partial charge < -0.3 is 15.0 Å². The fraction of sp³-hybridized carbons (Fsp3) is 0.400. The van der Waals surface area contributed by atoms with Crippen molar-refractivity contribution in [3.63, 3.8) is 0 Å². The van der Waals surface area contributed by atoms with Gasteiger partial charge in [0.2, 0.25) is 0 Å². The van der Waals surface area contributed by atoms with E-state index in [0.29, 0.717) is 32.8 Å². The lowest BCUT2D eigenvalue weighted by atomic mass is 10.1. The molecule has 0 amide bonds. The Balaban J connectivity index is 1.76. The number of halogens is 4. The molecule has 3 rings (SSSR count). The minimum absolute atomic E-state index is 0.164. The highest BCUT2D eigenvalue weighted by Crippen LogP contribution is 2.36. The Morgan fingerprint density at radius 1 is 1.27 bits per heavy atom. The van der Waals surface area contributed by atoms with E-state index in [1.807, 2.05) is 17.0 Å². The van der Waals surface area contributed by atoms with Gasteiger partial charge in [0.25, 0.3) is 0 Å². The normalized spacial score (nSPS) is 15.1. The standard InChI is InChI=1S/C20H22ClF3N4OS/c21-16-3-4-17(20(22,23)24)18(12-16)26-19(30)28(14-15-2-1-5-25-13-15)7-6-27-8-10-29-11-9-27/h1-5,12-13H,6-11,14H2,(H,26,30). The van der Waals surface area contributed by atoms with Gasteiger partial charge in [0, 0.05) is 50.1 Å². The zero-order valence-electron chi connectivity index (χ0n) is 16.2. The molecule has 1 saturated heterocycles. The summed E-state index contributed by atoms with van der Waals surface area (Å²) in [7, 11) is 0. The zero-order valence-corrected chi connectivity index (χ0v) is 17.7. The molecule has 162 valence electrons. The lowest BCUT2D eigenvalue weighted by Gasteiger charge is -2.31. The second kappa shape index (κ2) is 10.4. The van der Waals surface area contributed by atoms with Crippen molar-refractivity contribution in [1.82, 2.24) is 14.8 Å². The molecule has 10 heteroatoms. The third kappa shape index (κ3) is 6.53. The Morgan fingerprint density at radius 2 is 2.03 bits per heavy atom. The SMILES string of the molecule is FC(F)(F)c1ccc(Cl)cc1NC(=S)N(CCN1CCOCC1)Cc1cccnc1. The second-order valence-corrected chi connectivity index (χ2v) is 7.68. The molecule has 1 aliphatic rings. The average Bonchev–Trinajstić information content (AvgIpc) is 2.71. The van der Waals surface area contributed by atoms with Crippen molar-refractivity contribution in [3.05, 3.63) is 58.9 Å². The van der Waals surface area contributed by atoms with Crippen molar-refractivity contribution in [3.8, 4) is 0 Å². The van der Waals surface area contributed by atoms with Gasteiger partial charge in [-0.15, -0.1) is 0 Å². The van der Waals surface area contributed by atoms with Crippen LogP contribution in [0, 0.1) is 0 Å². The van der Waals surface area contributed by atoms with Crippen LogP contribution >= 0.6 is 23.8 Å². The van der Waals surface area contributed by atoms with Crippen molar-refractivity contribution >= 4 is 34.6 Å². The number of thiocarbonyl (C=S) groups is 1. The fourth-order valence-electron chi connectivity index (χ4n) is 3.11. The van der Waals surface area contributed by atoms with Crippen molar-refractivity contribution in [2.75, 3.05) is 44.7 Å². The Labute approximate surface area is 183 Å². The molecule has 1 aromatic heterocycles. The maximum absolute atomic E-state index is 13.4. The number of rotatable bonds is 6. The summed E-state index contributed by atoms with van der Waals surface area (Å²) in [5.41, 5.74) is -0.0721. The molecule has 0 radical (unpaired) electrons. The van der Waals surface area contributed by atoms with Crippen molar-refractivity contribution < 1.29 is 17.9 Å². The van der Waals surface area contributed by atoms with Gasteiger partial charge in [0.05, 0.1) is 24.5 Å². The predicted molar refractivity (Wildman–Crippen MR) is 115 cm³/mol. The van der Waals surface area contributed by atoms with E-state index in [1.54, 1.807) is 12.4 Å². The van der Waals surface area contributed by atoms with Crippen molar-refractivity contribution in [2.24, 2.45) is 0 Å². The number of ether oxygens (including phenoxy) is 1. The van der Waals surface area contributed by atoms with E-state index in [0.717, 1.165) is 24.7 Å². The molecule has 0 aliphatic carbocycles. The molecule has 0 atom stereocenters. The van der Waals surface area contributed by atoms with Gasteiger partial charge in [-0.1, -0.05) is 17.7 Å². The summed E-state index contributed by atoms with van der Waals surface area (Å²) in [6.07, 6.45) is -1.14. The predicted octanol–water partition coefficient (Wildman–Crippen LogP) is 4.29. The minimum atomic E-state index is -4.52. The first-order chi connectivity index (χ1) is 14.3. The highest BCUT2D eigenvalue weighted by Gasteiger charge is 2.34. The van der Waals surface area contributed by atoms with Gasteiger partial charge in [0.15, 0.2) is 5.11 Å². The summed E-state index contributed by atoms with van der Waals surface area (Å²) in [5.74, 6) is 0. The van der Waals surface area contributed by atoms with E-state index in [2.05, 4.69) is 15.2 Å². The molecular weight excluding hydrogens is 437 g/mol. The van der Waals surface area contributed by atoms with E-state index >= 15 is 0 Å². The van der Waals surface area contributed by atoms with E-state index in [9.17, 15) is 13.2 Å². The van der Waals surface area contributed by atoms with Crippen LogP contribution in [0.5, 0.6) is 0 Å². The first-order valence-electron chi connectivity index (χ1n) is 9.44. The molecule has 2 heterocycles. The third-order valence-electron chi connectivity index (χ3n) is 4.70. The van der Waals surface area contributed by atoms with Crippen LogP contribution in [0.15, 0.2) is 42.7 Å². The Bertz CT molecular complexity index is 848. The third-order valence-corrected chi connectivity index (χ3v) is 5.30. The second-order valence-electron chi connectivity index (χ2n) is 6.85. The monoisotopic (exact) mass is 458 g/mol. The lowest BCUT2D eigenvalue weighted by Crippen LogP contribution is -2.44.